The third-order valence-corrected chi connectivity index (χ3v) is 1.89. The highest BCUT2D eigenvalue weighted by molar-refractivity contribution is 4.88. The van der Waals surface area contributed by atoms with E-state index in [2.05, 4.69) is 19.1 Å². The summed E-state index contributed by atoms with van der Waals surface area (Å²) in [7, 11) is 0. The smallest absolute Gasteiger partial charge is 0.107 e. The average molecular weight is 156 g/mol. The molecule has 1 saturated heterocycles. The van der Waals surface area contributed by atoms with Crippen molar-refractivity contribution in [1.29, 1.82) is 0 Å². The topological polar surface area (TPSA) is 32.8 Å². The van der Waals surface area contributed by atoms with Crippen LogP contribution in [-0.2, 0) is 4.74 Å². The molecule has 0 saturated carbocycles. The van der Waals surface area contributed by atoms with Crippen molar-refractivity contribution in [3.63, 3.8) is 0 Å². The SMILES string of the molecule is CC/C=C\CC[C@H]1O[C@@H]1CO. The fourth-order valence-corrected chi connectivity index (χ4v) is 1.14. The lowest BCUT2D eigenvalue weighted by Crippen LogP contribution is -1.97. The highest BCUT2D eigenvalue weighted by Crippen LogP contribution is 2.25. The minimum Gasteiger partial charge on any atom is -0.394 e. The summed E-state index contributed by atoms with van der Waals surface area (Å²) >= 11 is 0. The standard InChI is InChI=1S/C9H16O2/c1-2-3-4-5-6-8-9(7-10)11-8/h3-4,8-10H,2,5-7H2,1H3/b4-3-/t8-,9-/m1/s1. The molecule has 1 rings (SSSR count). The van der Waals surface area contributed by atoms with E-state index < -0.39 is 0 Å². The van der Waals surface area contributed by atoms with Gasteiger partial charge >= 0.3 is 0 Å². The van der Waals surface area contributed by atoms with E-state index in [-0.39, 0.29) is 12.7 Å². The number of aliphatic hydroxyl groups excluding tert-OH is 1. The molecule has 2 atom stereocenters. The van der Waals surface area contributed by atoms with Gasteiger partial charge in [0.15, 0.2) is 0 Å². The van der Waals surface area contributed by atoms with E-state index >= 15 is 0 Å². The van der Waals surface area contributed by atoms with Gasteiger partial charge in [0, 0.05) is 0 Å². The number of hydrogen-bond acceptors (Lipinski definition) is 2. The Balaban J connectivity index is 1.93. The van der Waals surface area contributed by atoms with E-state index in [1.807, 2.05) is 0 Å². The lowest BCUT2D eigenvalue weighted by atomic mass is 10.2. The molecule has 0 amide bonds. The lowest BCUT2D eigenvalue weighted by Gasteiger charge is -1.87. The van der Waals surface area contributed by atoms with Gasteiger partial charge in [0.1, 0.15) is 6.10 Å². The summed E-state index contributed by atoms with van der Waals surface area (Å²) < 4.78 is 5.16. The zero-order valence-electron chi connectivity index (χ0n) is 6.99. The van der Waals surface area contributed by atoms with Crippen LogP contribution in [0.2, 0.25) is 0 Å². The van der Waals surface area contributed by atoms with Crippen LogP contribution in [0.15, 0.2) is 12.2 Å². The van der Waals surface area contributed by atoms with Gasteiger partial charge in [-0.05, 0) is 19.3 Å². The second-order valence-electron chi connectivity index (χ2n) is 2.85. The second-order valence-corrected chi connectivity index (χ2v) is 2.85. The van der Waals surface area contributed by atoms with Gasteiger partial charge in [-0.3, -0.25) is 0 Å². The normalized spacial score (nSPS) is 29.6. The van der Waals surface area contributed by atoms with Crippen molar-refractivity contribution >= 4 is 0 Å². The summed E-state index contributed by atoms with van der Waals surface area (Å²) in [6, 6.07) is 0. The van der Waals surface area contributed by atoms with Crippen LogP contribution in [0.5, 0.6) is 0 Å². The lowest BCUT2D eigenvalue weighted by molar-refractivity contribution is 0.241. The molecule has 1 fully saturated rings. The minimum atomic E-state index is 0.144. The highest BCUT2D eigenvalue weighted by Gasteiger charge is 2.36. The zero-order valence-corrected chi connectivity index (χ0v) is 6.99. The van der Waals surface area contributed by atoms with Crippen molar-refractivity contribution < 1.29 is 9.84 Å². The van der Waals surface area contributed by atoms with Crippen LogP contribution < -0.4 is 0 Å². The monoisotopic (exact) mass is 156 g/mol. The Morgan fingerprint density at radius 1 is 1.36 bits per heavy atom. The fourth-order valence-electron chi connectivity index (χ4n) is 1.14. The maximum atomic E-state index is 8.64. The van der Waals surface area contributed by atoms with Gasteiger partial charge in [0.05, 0.1) is 12.7 Å². The van der Waals surface area contributed by atoms with Crippen LogP contribution in [0.1, 0.15) is 26.2 Å². The average Bonchev–Trinajstić information content (AvgIpc) is 2.77. The van der Waals surface area contributed by atoms with Gasteiger partial charge in [-0.25, -0.2) is 0 Å². The predicted molar refractivity (Wildman–Crippen MR) is 44.4 cm³/mol. The van der Waals surface area contributed by atoms with Gasteiger partial charge in [-0.1, -0.05) is 19.1 Å². The molecule has 2 nitrogen and oxygen atoms in total. The van der Waals surface area contributed by atoms with Crippen LogP contribution in [0.25, 0.3) is 0 Å². The van der Waals surface area contributed by atoms with Crippen molar-refractivity contribution in [2.24, 2.45) is 0 Å². The first-order valence-corrected chi connectivity index (χ1v) is 4.29. The Kier molecular flexibility index (Phi) is 3.60. The Morgan fingerprint density at radius 3 is 2.73 bits per heavy atom. The molecular formula is C9H16O2. The highest BCUT2D eigenvalue weighted by atomic mass is 16.6. The third kappa shape index (κ3) is 3.04. The van der Waals surface area contributed by atoms with E-state index in [0.29, 0.717) is 6.10 Å². The zero-order chi connectivity index (χ0) is 8.10. The molecule has 1 N–H and O–H groups in total. The summed E-state index contributed by atoms with van der Waals surface area (Å²) in [5.74, 6) is 0. The Morgan fingerprint density at radius 2 is 2.18 bits per heavy atom. The molecule has 11 heavy (non-hydrogen) atoms. The molecule has 0 unspecified atom stereocenters. The number of rotatable bonds is 5. The van der Waals surface area contributed by atoms with Crippen LogP contribution in [0.4, 0.5) is 0 Å². The second kappa shape index (κ2) is 4.52. The molecule has 1 aliphatic rings. The van der Waals surface area contributed by atoms with E-state index in [4.69, 9.17) is 9.84 Å². The molecule has 2 heteroatoms. The molecular weight excluding hydrogens is 140 g/mol. The van der Waals surface area contributed by atoms with Crippen molar-refractivity contribution in [3.8, 4) is 0 Å². The molecule has 0 spiro atoms. The molecule has 1 heterocycles. The molecule has 0 bridgehead atoms. The summed E-state index contributed by atoms with van der Waals surface area (Å²) in [4.78, 5) is 0. The molecule has 0 aromatic heterocycles. The maximum Gasteiger partial charge on any atom is 0.107 e. The van der Waals surface area contributed by atoms with Gasteiger partial charge in [0.2, 0.25) is 0 Å². The first kappa shape index (κ1) is 8.75. The van der Waals surface area contributed by atoms with Gasteiger partial charge < -0.3 is 9.84 Å². The third-order valence-electron chi connectivity index (χ3n) is 1.89. The molecule has 0 aromatic rings. The van der Waals surface area contributed by atoms with E-state index in [1.165, 1.54) is 0 Å². The number of hydrogen-bond donors (Lipinski definition) is 1. The fraction of sp³-hybridized carbons (Fsp3) is 0.778. The molecule has 0 aromatic carbocycles. The minimum absolute atomic E-state index is 0.144. The van der Waals surface area contributed by atoms with E-state index in [0.717, 1.165) is 19.3 Å². The number of allylic oxidation sites excluding steroid dienone is 2. The Bertz CT molecular complexity index is 132. The first-order chi connectivity index (χ1) is 5.38. The predicted octanol–water partition coefficient (Wildman–Crippen LogP) is 1.49. The van der Waals surface area contributed by atoms with Crippen molar-refractivity contribution in [1.82, 2.24) is 0 Å². The first-order valence-electron chi connectivity index (χ1n) is 4.29. The quantitative estimate of drug-likeness (QED) is 0.483. The summed E-state index contributed by atoms with van der Waals surface area (Å²) in [5, 5.41) is 8.64. The molecule has 64 valence electrons. The molecule has 1 aliphatic heterocycles. The maximum absolute atomic E-state index is 8.64. The summed E-state index contributed by atoms with van der Waals surface area (Å²) in [6.45, 7) is 2.31. The Hall–Kier alpha value is -0.340. The van der Waals surface area contributed by atoms with Crippen molar-refractivity contribution in [3.05, 3.63) is 12.2 Å². The van der Waals surface area contributed by atoms with Crippen LogP contribution >= 0.6 is 0 Å². The molecule has 0 aliphatic carbocycles. The van der Waals surface area contributed by atoms with E-state index in [1.54, 1.807) is 0 Å². The van der Waals surface area contributed by atoms with Crippen LogP contribution in [-0.4, -0.2) is 23.9 Å². The Labute approximate surface area is 67.9 Å². The molecule has 0 radical (unpaired) electrons. The van der Waals surface area contributed by atoms with Gasteiger partial charge in [0.25, 0.3) is 0 Å². The summed E-state index contributed by atoms with van der Waals surface area (Å²) in [6.07, 6.45) is 8.06. The van der Waals surface area contributed by atoms with Crippen molar-refractivity contribution in [2.45, 2.75) is 38.4 Å². The van der Waals surface area contributed by atoms with Crippen LogP contribution in [0, 0.1) is 0 Å². The number of epoxide rings is 1. The van der Waals surface area contributed by atoms with Gasteiger partial charge in [-0.2, -0.15) is 0 Å². The van der Waals surface area contributed by atoms with E-state index in [9.17, 15) is 0 Å². The largest absolute Gasteiger partial charge is 0.394 e. The van der Waals surface area contributed by atoms with Crippen molar-refractivity contribution in [2.75, 3.05) is 6.61 Å². The van der Waals surface area contributed by atoms with Gasteiger partial charge in [-0.15, -0.1) is 0 Å². The van der Waals surface area contributed by atoms with Crippen LogP contribution in [0.3, 0.4) is 0 Å². The number of ether oxygens (including phenoxy) is 1. The summed E-state index contributed by atoms with van der Waals surface area (Å²) in [5.41, 5.74) is 0. The number of aliphatic hydroxyl groups is 1.